The summed E-state index contributed by atoms with van der Waals surface area (Å²) in [5, 5.41) is -0.681. The molecule has 0 bridgehead atoms. The minimum absolute atomic E-state index is 0.293. The average molecular weight is 361 g/mol. The molecule has 0 saturated heterocycles. The lowest BCUT2D eigenvalue weighted by atomic mass is 10.9. The summed E-state index contributed by atoms with van der Waals surface area (Å²) in [5.74, 6) is 0. The standard InChI is InChI=1S/C2H5Br3O4Si/c3-1(4)2(5)9-10(6,7)8/h1-2,6-8H. The Balaban J connectivity index is 3.68. The van der Waals surface area contributed by atoms with E-state index in [1.165, 1.54) is 0 Å². The third-order valence-corrected chi connectivity index (χ3v) is 4.48. The molecule has 1 atom stereocenters. The lowest BCUT2D eigenvalue weighted by Crippen LogP contribution is -2.42. The SMILES string of the molecule is O[Si](O)(O)OC(Br)C(Br)Br. The number of hydrogen-bond acceptors (Lipinski definition) is 4. The van der Waals surface area contributed by atoms with Crippen LogP contribution in [-0.2, 0) is 4.43 Å². The first-order chi connectivity index (χ1) is 4.33. The summed E-state index contributed by atoms with van der Waals surface area (Å²) in [7, 11) is -4.39. The summed E-state index contributed by atoms with van der Waals surface area (Å²) < 4.78 is 4.03. The highest BCUT2D eigenvalue weighted by Crippen LogP contribution is 2.22. The maximum atomic E-state index is 8.39. The van der Waals surface area contributed by atoms with Gasteiger partial charge in [-0.25, -0.2) is 0 Å². The third kappa shape index (κ3) is 6.22. The van der Waals surface area contributed by atoms with E-state index in [2.05, 4.69) is 52.2 Å². The molecule has 0 aromatic carbocycles. The van der Waals surface area contributed by atoms with Crippen molar-refractivity contribution >= 4 is 56.8 Å². The van der Waals surface area contributed by atoms with Crippen LogP contribution >= 0.6 is 47.8 Å². The van der Waals surface area contributed by atoms with Crippen molar-refractivity contribution in [3.05, 3.63) is 0 Å². The zero-order valence-electron chi connectivity index (χ0n) is 4.54. The predicted molar refractivity (Wildman–Crippen MR) is 47.9 cm³/mol. The molecule has 0 radical (unpaired) electrons. The monoisotopic (exact) mass is 358 g/mol. The van der Waals surface area contributed by atoms with Gasteiger partial charge in [0.05, 0.1) is 0 Å². The quantitative estimate of drug-likeness (QED) is 0.498. The van der Waals surface area contributed by atoms with Gasteiger partial charge in [-0.3, -0.25) is 0 Å². The maximum absolute atomic E-state index is 8.39. The third-order valence-electron chi connectivity index (χ3n) is 0.469. The first kappa shape index (κ1) is 11.5. The van der Waals surface area contributed by atoms with Gasteiger partial charge in [0, 0.05) is 0 Å². The van der Waals surface area contributed by atoms with Crippen LogP contribution in [0.25, 0.3) is 0 Å². The van der Waals surface area contributed by atoms with Crippen molar-refractivity contribution in [2.75, 3.05) is 0 Å². The molecule has 0 rings (SSSR count). The lowest BCUT2D eigenvalue weighted by molar-refractivity contribution is 0.0603. The second-order valence-corrected chi connectivity index (χ2v) is 6.87. The maximum Gasteiger partial charge on any atom is 0.672 e. The Morgan fingerprint density at radius 3 is 1.60 bits per heavy atom. The molecular weight excluding hydrogens is 356 g/mol. The number of hydrogen-bond donors (Lipinski definition) is 3. The van der Waals surface area contributed by atoms with Gasteiger partial charge in [-0.2, -0.15) is 0 Å². The molecule has 0 aromatic rings. The van der Waals surface area contributed by atoms with Crippen LogP contribution < -0.4 is 0 Å². The van der Waals surface area contributed by atoms with Gasteiger partial charge < -0.3 is 18.8 Å². The number of halogens is 3. The molecule has 3 N–H and O–H groups in total. The Morgan fingerprint density at radius 1 is 1.10 bits per heavy atom. The summed E-state index contributed by atoms with van der Waals surface area (Å²) in [6.07, 6.45) is 0. The van der Waals surface area contributed by atoms with Crippen molar-refractivity contribution in [1.82, 2.24) is 0 Å². The van der Waals surface area contributed by atoms with E-state index in [-0.39, 0.29) is 3.74 Å². The Labute approximate surface area is 84.1 Å². The van der Waals surface area contributed by atoms with Crippen LogP contribution in [0, 0.1) is 0 Å². The first-order valence-electron chi connectivity index (χ1n) is 2.10. The largest absolute Gasteiger partial charge is 0.672 e. The van der Waals surface area contributed by atoms with Crippen LogP contribution in [0.2, 0.25) is 0 Å². The van der Waals surface area contributed by atoms with Gasteiger partial charge in [0.25, 0.3) is 0 Å². The van der Waals surface area contributed by atoms with E-state index in [1.807, 2.05) is 0 Å². The van der Waals surface area contributed by atoms with Crippen LogP contribution in [0.15, 0.2) is 0 Å². The van der Waals surface area contributed by atoms with Crippen molar-refractivity contribution in [2.24, 2.45) is 0 Å². The van der Waals surface area contributed by atoms with Crippen LogP contribution in [0.3, 0.4) is 0 Å². The summed E-state index contributed by atoms with van der Waals surface area (Å²) in [6.45, 7) is 0. The fourth-order valence-corrected chi connectivity index (χ4v) is 2.01. The predicted octanol–water partition coefficient (Wildman–Crippen LogP) is 0.252. The summed E-state index contributed by atoms with van der Waals surface area (Å²) >= 11 is 8.97. The molecule has 62 valence electrons. The van der Waals surface area contributed by atoms with Gasteiger partial charge in [-0.15, -0.1) is 0 Å². The van der Waals surface area contributed by atoms with Gasteiger partial charge in [-0.1, -0.05) is 47.8 Å². The van der Waals surface area contributed by atoms with E-state index in [4.69, 9.17) is 14.4 Å². The van der Waals surface area contributed by atoms with E-state index in [0.29, 0.717) is 0 Å². The molecule has 0 heterocycles. The first-order valence-corrected chi connectivity index (χ1v) is 6.60. The molecular formula is C2H5Br3O4Si. The summed E-state index contributed by atoms with van der Waals surface area (Å²) in [4.78, 5) is 25.2. The molecule has 0 fully saturated rings. The highest BCUT2D eigenvalue weighted by atomic mass is 79.9. The van der Waals surface area contributed by atoms with Crippen molar-refractivity contribution in [2.45, 2.75) is 8.75 Å². The van der Waals surface area contributed by atoms with Crippen LogP contribution in [0.4, 0.5) is 0 Å². The molecule has 10 heavy (non-hydrogen) atoms. The number of alkyl halides is 3. The molecule has 0 aliphatic heterocycles. The van der Waals surface area contributed by atoms with E-state index < -0.39 is 14.1 Å². The molecule has 1 unspecified atom stereocenters. The molecule has 0 spiro atoms. The second-order valence-electron chi connectivity index (χ2n) is 1.38. The van der Waals surface area contributed by atoms with Crippen LogP contribution in [-0.4, -0.2) is 32.2 Å². The Hall–Kier alpha value is 1.50. The topological polar surface area (TPSA) is 69.9 Å². The van der Waals surface area contributed by atoms with Gasteiger partial charge in [0.1, 0.15) is 8.75 Å². The van der Waals surface area contributed by atoms with Gasteiger partial charge in [-0.05, 0) is 0 Å². The molecule has 0 amide bonds. The average Bonchev–Trinajstić information content (AvgIpc) is 1.60. The van der Waals surface area contributed by atoms with Crippen molar-refractivity contribution in [3.63, 3.8) is 0 Å². The molecule has 0 saturated carbocycles. The molecule has 8 heteroatoms. The van der Waals surface area contributed by atoms with E-state index in [1.54, 1.807) is 0 Å². The zero-order chi connectivity index (χ0) is 8.36. The Morgan fingerprint density at radius 2 is 1.50 bits per heavy atom. The molecule has 0 aliphatic rings. The number of rotatable bonds is 3. The molecule has 0 aromatic heterocycles. The van der Waals surface area contributed by atoms with Crippen LogP contribution in [0.5, 0.6) is 0 Å². The van der Waals surface area contributed by atoms with Gasteiger partial charge >= 0.3 is 9.05 Å². The zero-order valence-corrected chi connectivity index (χ0v) is 10.3. The van der Waals surface area contributed by atoms with Crippen LogP contribution in [0.1, 0.15) is 0 Å². The minimum Gasteiger partial charge on any atom is -0.368 e. The fourth-order valence-electron chi connectivity index (χ4n) is 0.202. The summed E-state index contributed by atoms with van der Waals surface area (Å²) in [5.41, 5.74) is 0. The Kier molecular flexibility index (Phi) is 5.18. The van der Waals surface area contributed by atoms with Crippen molar-refractivity contribution in [1.29, 1.82) is 0 Å². The molecule has 0 aliphatic carbocycles. The lowest BCUT2D eigenvalue weighted by Gasteiger charge is -2.16. The summed E-state index contributed by atoms with van der Waals surface area (Å²) in [6, 6.07) is 0. The van der Waals surface area contributed by atoms with E-state index in [9.17, 15) is 0 Å². The Bertz CT molecular complexity index is 103. The van der Waals surface area contributed by atoms with Gasteiger partial charge in [0.2, 0.25) is 0 Å². The molecule has 4 nitrogen and oxygen atoms in total. The highest BCUT2D eigenvalue weighted by Gasteiger charge is 2.35. The van der Waals surface area contributed by atoms with E-state index >= 15 is 0 Å². The van der Waals surface area contributed by atoms with Gasteiger partial charge in [0.15, 0.2) is 0 Å². The second kappa shape index (κ2) is 4.50. The smallest absolute Gasteiger partial charge is 0.368 e. The van der Waals surface area contributed by atoms with E-state index in [0.717, 1.165) is 0 Å². The normalized spacial score (nSPS) is 15.9. The van der Waals surface area contributed by atoms with Crippen molar-refractivity contribution < 1.29 is 18.8 Å². The highest BCUT2D eigenvalue weighted by molar-refractivity contribution is 9.25. The van der Waals surface area contributed by atoms with Crippen molar-refractivity contribution in [3.8, 4) is 0 Å². The fraction of sp³-hybridized carbons (Fsp3) is 1.00. The minimum atomic E-state index is -4.39.